The predicted octanol–water partition coefficient (Wildman–Crippen LogP) is -2.15. The second-order valence-electron chi connectivity index (χ2n) is 5.09. The Labute approximate surface area is 116 Å². The van der Waals surface area contributed by atoms with Gasteiger partial charge in [-0.25, -0.2) is 4.79 Å². The zero-order valence-corrected chi connectivity index (χ0v) is 11.6. The van der Waals surface area contributed by atoms with Gasteiger partial charge in [0.1, 0.15) is 5.54 Å². The Hall–Kier alpha value is -1.23. The first kappa shape index (κ1) is 13.7. The molecular formula is C10H16N4O5S. The molecule has 0 saturated carbocycles. The van der Waals surface area contributed by atoms with Crippen LogP contribution >= 0.6 is 0 Å². The number of amides is 3. The van der Waals surface area contributed by atoms with E-state index in [0.29, 0.717) is 26.3 Å². The van der Waals surface area contributed by atoms with E-state index in [9.17, 15) is 18.0 Å². The number of urea groups is 1. The van der Waals surface area contributed by atoms with E-state index in [4.69, 9.17) is 4.74 Å². The number of carbonyl (C=O) groups excluding carboxylic acids is 2. The average Bonchev–Trinajstić information content (AvgIpc) is 2.96. The summed E-state index contributed by atoms with van der Waals surface area (Å²) in [5, 5.41) is 4.69. The van der Waals surface area contributed by atoms with Gasteiger partial charge in [-0.3, -0.25) is 10.1 Å². The number of morpholine rings is 1. The van der Waals surface area contributed by atoms with Crippen LogP contribution in [-0.4, -0.2) is 73.9 Å². The molecule has 3 saturated heterocycles. The number of imide groups is 1. The normalized spacial score (nSPS) is 32.6. The van der Waals surface area contributed by atoms with Crippen LogP contribution in [0.3, 0.4) is 0 Å². The molecule has 0 aliphatic carbocycles. The van der Waals surface area contributed by atoms with Gasteiger partial charge in [-0.15, -0.1) is 0 Å². The molecule has 1 spiro atoms. The highest BCUT2D eigenvalue weighted by Gasteiger charge is 2.53. The lowest BCUT2D eigenvalue weighted by Gasteiger charge is -2.30. The first-order valence-electron chi connectivity index (χ1n) is 6.41. The molecule has 9 nitrogen and oxygen atoms in total. The second kappa shape index (κ2) is 4.65. The van der Waals surface area contributed by atoms with Crippen molar-refractivity contribution < 1.29 is 22.7 Å². The molecule has 1 atom stereocenters. The van der Waals surface area contributed by atoms with Crippen LogP contribution in [0.25, 0.3) is 0 Å². The molecule has 0 aromatic heterocycles. The minimum Gasteiger partial charge on any atom is -0.379 e. The van der Waals surface area contributed by atoms with E-state index in [1.54, 1.807) is 0 Å². The molecule has 3 fully saturated rings. The van der Waals surface area contributed by atoms with Crippen molar-refractivity contribution in [3.63, 3.8) is 0 Å². The van der Waals surface area contributed by atoms with Crippen molar-refractivity contribution in [2.75, 3.05) is 39.4 Å². The quantitative estimate of drug-likeness (QED) is 0.565. The number of nitrogens with one attached hydrogen (secondary N) is 2. The molecule has 3 amide bonds. The Balaban J connectivity index is 1.76. The summed E-state index contributed by atoms with van der Waals surface area (Å²) in [4.78, 5) is 23.0. The van der Waals surface area contributed by atoms with E-state index in [1.165, 1.54) is 8.61 Å². The highest BCUT2D eigenvalue weighted by Crippen LogP contribution is 2.28. The summed E-state index contributed by atoms with van der Waals surface area (Å²) in [6.07, 6.45) is 0.286. The Kier molecular flexibility index (Phi) is 3.20. The Bertz CT molecular complexity index is 544. The molecule has 3 aliphatic rings. The van der Waals surface area contributed by atoms with Gasteiger partial charge in [0.05, 0.1) is 13.2 Å². The lowest BCUT2D eigenvalue weighted by molar-refractivity contribution is -0.123. The van der Waals surface area contributed by atoms with Crippen molar-refractivity contribution in [2.24, 2.45) is 0 Å². The van der Waals surface area contributed by atoms with Crippen molar-refractivity contribution in [3.8, 4) is 0 Å². The number of carbonyl (C=O) groups is 2. The minimum absolute atomic E-state index is 0.0235. The highest BCUT2D eigenvalue weighted by atomic mass is 32.2. The van der Waals surface area contributed by atoms with Crippen molar-refractivity contribution in [3.05, 3.63) is 0 Å². The van der Waals surface area contributed by atoms with Gasteiger partial charge in [0.2, 0.25) is 0 Å². The zero-order valence-electron chi connectivity index (χ0n) is 10.8. The maximum absolute atomic E-state index is 12.5. The van der Waals surface area contributed by atoms with E-state index in [1.807, 2.05) is 0 Å². The molecule has 3 heterocycles. The number of hydrogen-bond donors (Lipinski definition) is 2. The van der Waals surface area contributed by atoms with Gasteiger partial charge < -0.3 is 10.1 Å². The van der Waals surface area contributed by atoms with Gasteiger partial charge in [0.15, 0.2) is 0 Å². The third kappa shape index (κ3) is 2.08. The van der Waals surface area contributed by atoms with Gasteiger partial charge in [0, 0.05) is 26.2 Å². The molecule has 112 valence electrons. The summed E-state index contributed by atoms with van der Waals surface area (Å²) in [7, 11) is -3.61. The summed E-state index contributed by atoms with van der Waals surface area (Å²) in [6, 6.07) is -0.569. The fourth-order valence-electron chi connectivity index (χ4n) is 2.73. The number of nitrogens with zero attached hydrogens (tertiary/aromatic N) is 2. The molecule has 3 aliphatic heterocycles. The van der Waals surface area contributed by atoms with Crippen LogP contribution in [0, 0.1) is 0 Å². The first-order chi connectivity index (χ1) is 9.44. The molecule has 0 aromatic rings. The van der Waals surface area contributed by atoms with Crippen LogP contribution in [0.15, 0.2) is 0 Å². The molecule has 3 rings (SSSR count). The largest absolute Gasteiger partial charge is 0.379 e. The zero-order chi connectivity index (χ0) is 14.4. The SMILES string of the molecule is O=C1NC(=O)C2(CCN(S(=O)(=O)N3CCOCC3)C2)N1. The van der Waals surface area contributed by atoms with E-state index < -0.39 is 27.7 Å². The van der Waals surface area contributed by atoms with Crippen LogP contribution in [0.1, 0.15) is 6.42 Å². The third-order valence-corrected chi connectivity index (χ3v) is 5.85. The lowest BCUT2D eigenvalue weighted by Crippen LogP contribution is -2.52. The predicted molar refractivity (Wildman–Crippen MR) is 66.9 cm³/mol. The van der Waals surface area contributed by atoms with Crippen LogP contribution in [-0.2, 0) is 19.7 Å². The molecule has 0 bridgehead atoms. The maximum atomic E-state index is 12.5. The van der Waals surface area contributed by atoms with E-state index in [2.05, 4.69) is 10.6 Å². The standard InChI is InChI=1S/C10H16N4O5S/c15-8-10(12-9(16)11-8)1-2-14(7-10)20(17,18)13-3-5-19-6-4-13/h1-7H2,(H2,11,12,15,16). The Morgan fingerprint density at radius 3 is 2.40 bits per heavy atom. The van der Waals surface area contributed by atoms with Crippen LogP contribution in [0.5, 0.6) is 0 Å². The Morgan fingerprint density at radius 1 is 1.10 bits per heavy atom. The number of ether oxygens (including phenoxy) is 1. The van der Waals surface area contributed by atoms with Gasteiger partial charge in [-0.05, 0) is 6.42 Å². The summed E-state index contributed by atoms with van der Waals surface area (Å²) < 4.78 is 32.7. The summed E-state index contributed by atoms with van der Waals surface area (Å²) in [5.41, 5.74) is -1.11. The van der Waals surface area contributed by atoms with Crippen molar-refractivity contribution in [2.45, 2.75) is 12.0 Å². The second-order valence-corrected chi connectivity index (χ2v) is 7.02. The molecule has 10 heteroatoms. The first-order valence-corrected chi connectivity index (χ1v) is 7.80. The Morgan fingerprint density at radius 2 is 1.80 bits per heavy atom. The average molecular weight is 304 g/mol. The molecule has 2 N–H and O–H groups in total. The maximum Gasteiger partial charge on any atom is 0.322 e. The lowest BCUT2D eigenvalue weighted by atomic mass is 10.00. The number of rotatable bonds is 2. The highest BCUT2D eigenvalue weighted by molar-refractivity contribution is 7.86. The van der Waals surface area contributed by atoms with Gasteiger partial charge in [-0.1, -0.05) is 0 Å². The molecule has 0 radical (unpaired) electrons. The fourth-order valence-corrected chi connectivity index (χ4v) is 4.37. The van der Waals surface area contributed by atoms with Gasteiger partial charge in [0.25, 0.3) is 16.1 Å². The molecular weight excluding hydrogens is 288 g/mol. The van der Waals surface area contributed by atoms with Crippen LogP contribution < -0.4 is 10.6 Å². The van der Waals surface area contributed by atoms with Crippen LogP contribution in [0.2, 0.25) is 0 Å². The number of hydrogen-bond acceptors (Lipinski definition) is 5. The van der Waals surface area contributed by atoms with Crippen molar-refractivity contribution in [1.82, 2.24) is 19.2 Å². The van der Waals surface area contributed by atoms with E-state index >= 15 is 0 Å². The minimum atomic E-state index is -3.61. The van der Waals surface area contributed by atoms with Crippen molar-refractivity contribution >= 4 is 22.1 Å². The smallest absolute Gasteiger partial charge is 0.322 e. The molecule has 1 unspecified atom stereocenters. The monoisotopic (exact) mass is 304 g/mol. The van der Waals surface area contributed by atoms with Crippen LogP contribution in [0.4, 0.5) is 4.79 Å². The summed E-state index contributed by atoms with van der Waals surface area (Å²) in [5.74, 6) is -0.456. The topological polar surface area (TPSA) is 108 Å². The van der Waals surface area contributed by atoms with Gasteiger partial charge in [-0.2, -0.15) is 17.0 Å². The van der Waals surface area contributed by atoms with E-state index in [-0.39, 0.29) is 19.5 Å². The van der Waals surface area contributed by atoms with Crippen molar-refractivity contribution in [1.29, 1.82) is 0 Å². The van der Waals surface area contributed by atoms with E-state index in [0.717, 1.165) is 0 Å². The molecule has 0 aromatic carbocycles. The summed E-state index contributed by atoms with van der Waals surface area (Å²) in [6.45, 7) is 1.55. The molecule has 20 heavy (non-hydrogen) atoms. The summed E-state index contributed by atoms with van der Waals surface area (Å²) >= 11 is 0. The van der Waals surface area contributed by atoms with Gasteiger partial charge >= 0.3 is 6.03 Å². The fraction of sp³-hybridized carbons (Fsp3) is 0.800. The third-order valence-electron chi connectivity index (χ3n) is 3.87.